The van der Waals surface area contributed by atoms with Gasteiger partial charge in [0, 0.05) is 12.5 Å². The maximum atomic E-state index is 11.1. The molecule has 1 aromatic rings. The van der Waals surface area contributed by atoms with Crippen LogP contribution in [0, 0.1) is 23.0 Å². The number of nitrogen functional groups attached to an aromatic ring is 1. The van der Waals surface area contributed by atoms with E-state index in [1.807, 2.05) is 0 Å². The molecule has 2 rings (SSSR count). The number of rotatable bonds is 5. The molecule has 9 nitrogen and oxygen atoms in total. The fourth-order valence-electron chi connectivity index (χ4n) is 2.46. The van der Waals surface area contributed by atoms with Crippen LogP contribution >= 0.6 is 0 Å². The van der Waals surface area contributed by atoms with Gasteiger partial charge < -0.3 is 10.4 Å². The Balaban J connectivity index is 2.20. The number of hydrazine groups is 1. The number of aromatic nitrogens is 2. The summed E-state index contributed by atoms with van der Waals surface area (Å²) < 4.78 is 0. The normalized spacial score (nSPS) is 21.8. The van der Waals surface area contributed by atoms with E-state index in [-0.39, 0.29) is 35.2 Å². The lowest BCUT2D eigenvalue weighted by Gasteiger charge is -2.16. The summed E-state index contributed by atoms with van der Waals surface area (Å²) in [7, 11) is 0. The quantitative estimate of drug-likeness (QED) is 0.349. The van der Waals surface area contributed by atoms with Gasteiger partial charge in [-0.15, -0.1) is 0 Å². The first-order chi connectivity index (χ1) is 9.52. The fraction of sp³-hybridized carbons (Fsp3) is 0.636. The van der Waals surface area contributed by atoms with Gasteiger partial charge in [0.25, 0.3) is 0 Å². The Morgan fingerprint density at radius 1 is 1.50 bits per heavy atom. The number of aryl methyl sites for hydroxylation is 1. The first-order valence-corrected chi connectivity index (χ1v) is 6.44. The van der Waals surface area contributed by atoms with Crippen molar-refractivity contribution in [2.75, 3.05) is 17.3 Å². The second-order valence-corrected chi connectivity index (χ2v) is 4.87. The summed E-state index contributed by atoms with van der Waals surface area (Å²) in [5, 5.41) is 23.8. The Kier molecular flexibility index (Phi) is 4.30. The van der Waals surface area contributed by atoms with E-state index >= 15 is 0 Å². The molecule has 1 saturated carbocycles. The lowest BCUT2D eigenvalue weighted by molar-refractivity contribution is -0.385. The minimum atomic E-state index is -0.525. The maximum absolute atomic E-state index is 11.1. The molecule has 1 fully saturated rings. The Bertz CT molecular complexity index is 509. The number of aliphatic hydroxyl groups excluding tert-OH is 1. The maximum Gasteiger partial charge on any atom is 0.332 e. The lowest BCUT2D eigenvalue weighted by Crippen LogP contribution is -2.23. The number of hydrogen-bond donors (Lipinski definition) is 4. The molecule has 20 heavy (non-hydrogen) atoms. The van der Waals surface area contributed by atoms with Crippen molar-refractivity contribution in [1.82, 2.24) is 9.97 Å². The molecule has 9 heteroatoms. The highest BCUT2D eigenvalue weighted by molar-refractivity contribution is 5.60. The molecule has 0 saturated heterocycles. The van der Waals surface area contributed by atoms with Crippen LogP contribution < -0.4 is 16.6 Å². The van der Waals surface area contributed by atoms with Gasteiger partial charge in [0.2, 0.25) is 11.8 Å². The molecule has 0 amide bonds. The summed E-state index contributed by atoms with van der Waals surface area (Å²) >= 11 is 0. The van der Waals surface area contributed by atoms with Crippen LogP contribution in [0.2, 0.25) is 0 Å². The predicted molar refractivity (Wildman–Crippen MR) is 73.1 cm³/mol. The van der Waals surface area contributed by atoms with Crippen molar-refractivity contribution in [3.8, 4) is 0 Å². The molecule has 0 bridgehead atoms. The van der Waals surface area contributed by atoms with Crippen molar-refractivity contribution < 1.29 is 10.0 Å². The van der Waals surface area contributed by atoms with Crippen LogP contribution in [0.3, 0.4) is 0 Å². The minimum Gasteiger partial charge on any atom is -0.393 e. The van der Waals surface area contributed by atoms with Crippen molar-refractivity contribution in [3.05, 3.63) is 15.8 Å². The van der Waals surface area contributed by atoms with Crippen LogP contribution in [-0.4, -0.2) is 32.6 Å². The second-order valence-electron chi connectivity index (χ2n) is 4.87. The van der Waals surface area contributed by atoms with Crippen molar-refractivity contribution in [3.63, 3.8) is 0 Å². The smallest absolute Gasteiger partial charge is 0.332 e. The molecule has 1 aliphatic rings. The minimum absolute atomic E-state index is 0.0826. The van der Waals surface area contributed by atoms with E-state index in [2.05, 4.69) is 20.7 Å². The van der Waals surface area contributed by atoms with Crippen LogP contribution in [-0.2, 0) is 0 Å². The van der Waals surface area contributed by atoms with Crippen LogP contribution in [0.15, 0.2) is 0 Å². The van der Waals surface area contributed by atoms with E-state index in [1.165, 1.54) is 6.92 Å². The molecule has 2 atom stereocenters. The molecule has 0 radical (unpaired) electrons. The number of nitrogens with one attached hydrogen (secondary N) is 2. The van der Waals surface area contributed by atoms with Crippen molar-refractivity contribution in [2.45, 2.75) is 32.3 Å². The molecule has 1 aromatic heterocycles. The average molecular weight is 282 g/mol. The summed E-state index contributed by atoms with van der Waals surface area (Å²) in [6.45, 7) is 1.96. The highest BCUT2D eigenvalue weighted by Crippen LogP contribution is 2.29. The SMILES string of the molecule is Cc1nc(NN)nc(NCC2CCCC2O)c1[N+](=O)[O-]. The van der Waals surface area contributed by atoms with Crippen molar-refractivity contribution in [1.29, 1.82) is 0 Å². The van der Waals surface area contributed by atoms with Crippen LogP contribution in [0.25, 0.3) is 0 Å². The van der Waals surface area contributed by atoms with Gasteiger partial charge >= 0.3 is 5.69 Å². The highest BCUT2D eigenvalue weighted by atomic mass is 16.6. The zero-order valence-corrected chi connectivity index (χ0v) is 11.2. The predicted octanol–water partition coefficient (Wildman–Crippen LogP) is 0.552. The van der Waals surface area contributed by atoms with Gasteiger partial charge in [-0.25, -0.2) is 10.8 Å². The molecular formula is C11H18N6O3. The van der Waals surface area contributed by atoms with Gasteiger partial charge in [0.15, 0.2) is 0 Å². The zero-order valence-electron chi connectivity index (χ0n) is 11.2. The number of aliphatic hydroxyl groups is 1. The standard InChI is InChI=1S/C11H18N6O3/c1-6-9(17(19)20)10(15-11(14-6)16-12)13-5-7-3-2-4-8(7)18/h7-8,18H,2-5,12H2,1H3,(H2,13,14,15,16). The van der Waals surface area contributed by atoms with Gasteiger partial charge in [-0.3, -0.25) is 15.5 Å². The largest absolute Gasteiger partial charge is 0.393 e. The van der Waals surface area contributed by atoms with E-state index in [9.17, 15) is 15.2 Å². The molecule has 5 N–H and O–H groups in total. The first kappa shape index (κ1) is 14.4. The summed E-state index contributed by atoms with van der Waals surface area (Å²) in [4.78, 5) is 18.4. The third-order valence-electron chi connectivity index (χ3n) is 3.52. The molecule has 2 unspecified atom stereocenters. The number of hydrogen-bond acceptors (Lipinski definition) is 8. The van der Waals surface area contributed by atoms with Gasteiger partial charge in [0.1, 0.15) is 5.69 Å². The molecule has 1 heterocycles. The Morgan fingerprint density at radius 3 is 2.80 bits per heavy atom. The number of nitrogens with two attached hydrogens (primary N) is 1. The van der Waals surface area contributed by atoms with E-state index in [0.717, 1.165) is 19.3 Å². The molecule has 0 aliphatic heterocycles. The van der Waals surface area contributed by atoms with E-state index in [1.54, 1.807) is 0 Å². The van der Waals surface area contributed by atoms with Gasteiger partial charge in [0.05, 0.1) is 11.0 Å². The van der Waals surface area contributed by atoms with Gasteiger partial charge in [-0.1, -0.05) is 6.42 Å². The molecule has 1 aliphatic carbocycles. The van der Waals surface area contributed by atoms with E-state index < -0.39 is 4.92 Å². The first-order valence-electron chi connectivity index (χ1n) is 6.44. The second kappa shape index (κ2) is 5.97. The van der Waals surface area contributed by atoms with Crippen LogP contribution in [0.5, 0.6) is 0 Å². The lowest BCUT2D eigenvalue weighted by atomic mass is 10.1. The van der Waals surface area contributed by atoms with E-state index in [0.29, 0.717) is 6.54 Å². The Hall–Kier alpha value is -2.00. The average Bonchev–Trinajstić information content (AvgIpc) is 2.80. The molecule has 0 spiro atoms. The highest BCUT2D eigenvalue weighted by Gasteiger charge is 2.27. The summed E-state index contributed by atoms with van der Waals surface area (Å²) in [5.74, 6) is 5.56. The van der Waals surface area contributed by atoms with Crippen molar-refractivity contribution >= 4 is 17.5 Å². The topological polar surface area (TPSA) is 139 Å². The molecule has 0 aromatic carbocycles. The zero-order chi connectivity index (χ0) is 14.7. The number of nitro groups is 1. The van der Waals surface area contributed by atoms with Crippen LogP contribution in [0.4, 0.5) is 17.5 Å². The fourth-order valence-corrected chi connectivity index (χ4v) is 2.46. The molecule has 110 valence electrons. The Morgan fingerprint density at radius 2 is 2.25 bits per heavy atom. The third-order valence-corrected chi connectivity index (χ3v) is 3.52. The summed E-state index contributed by atoms with van der Waals surface area (Å²) in [6.07, 6.45) is 2.27. The van der Waals surface area contributed by atoms with Crippen LogP contribution in [0.1, 0.15) is 25.0 Å². The number of nitrogens with zero attached hydrogens (tertiary/aromatic N) is 3. The molecular weight excluding hydrogens is 264 g/mol. The third kappa shape index (κ3) is 2.94. The van der Waals surface area contributed by atoms with E-state index in [4.69, 9.17) is 5.84 Å². The van der Waals surface area contributed by atoms with Crippen molar-refractivity contribution in [2.24, 2.45) is 11.8 Å². The monoisotopic (exact) mass is 282 g/mol. The van der Waals surface area contributed by atoms with Gasteiger partial charge in [-0.2, -0.15) is 4.98 Å². The number of anilines is 2. The summed E-state index contributed by atoms with van der Waals surface area (Å²) in [5.41, 5.74) is 2.34. The summed E-state index contributed by atoms with van der Waals surface area (Å²) in [6, 6.07) is 0. The van der Waals surface area contributed by atoms with Gasteiger partial charge in [-0.05, 0) is 19.8 Å². The Labute approximate surface area is 115 Å².